The van der Waals surface area contributed by atoms with E-state index in [1.54, 1.807) is 5.01 Å². The summed E-state index contributed by atoms with van der Waals surface area (Å²) in [7, 11) is 1.39. The third-order valence-corrected chi connectivity index (χ3v) is 3.01. The molecule has 0 aromatic heterocycles. The summed E-state index contributed by atoms with van der Waals surface area (Å²) in [6, 6.07) is 8.13. The van der Waals surface area contributed by atoms with Gasteiger partial charge >= 0.3 is 6.09 Å². The normalized spacial score (nSPS) is 14.8. The van der Waals surface area contributed by atoms with Gasteiger partial charge in [-0.3, -0.25) is 5.01 Å². The van der Waals surface area contributed by atoms with Gasteiger partial charge in [0.15, 0.2) is 0 Å². The van der Waals surface area contributed by atoms with Crippen LogP contribution in [0.1, 0.15) is 19.4 Å². The molecule has 0 saturated heterocycles. The van der Waals surface area contributed by atoms with Gasteiger partial charge in [-0.2, -0.15) is 0 Å². The minimum Gasteiger partial charge on any atom is -0.452 e. The first-order valence-electron chi connectivity index (χ1n) is 5.98. The summed E-state index contributed by atoms with van der Waals surface area (Å²) in [6.45, 7) is 8.59. The Morgan fingerprint density at radius 3 is 2.67 bits per heavy atom. The molecule has 0 saturated carbocycles. The second-order valence-electron chi connectivity index (χ2n) is 4.59. The van der Waals surface area contributed by atoms with Crippen LogP contribution in [0.25, 0.3) is 5.57 Å². The average Bonchev–Trinajstić information content (AvgIpc) is 2.37. The Morgan fingerprint density at radius 2 is 2.06 bits per heavy atom. The van der Waals surface area contributed by atoms with E-state index in [2.05, 4.69) is 6.58 Å². The van der Waals surface area contributed by atoms with Crippen molar-refractivity contribution < 1.29 is 9.53 Å². The maximum absolute atomic E-state index is 11.9. The number of anilines is 1. The number of hydrogen-bond acceptors (Lipinski definition) is 3. The fourth-order valence-electron chi connectivity index (χ4n) is 2.26. The van der Waals surface area contributed by atoms with Crippen molar-refractivity contribution in [1.29, 1.82) is 0 Å². The highest BCUT2D eigenvalue weighted by molar-refractivity contribution is 5.84. The third kappa shape index (κ3) is 1.94. The number of ether oxygens (including phenoxy) is 1. The number of benzene rings is 1. The van der Waals surface area contributed by atoms with Gasteiger partial charge in [-0.15, -0.1) is 0 Å². The number of amides is 1. The van der Waals surface area contributed by atoms with E-state index >= 15 is 0 Å². The molecule has 18 heavy (non-hydrogen) atoms. The molecule has 4 heteroatoms. The van der Waals surface area contributed by atoms with Crippen LogP contribution in [-0.4, -0.2) is 30.8 Å². The second-order valence-corrected chi connectivity index (χ2v) is 4.59. The largest absolute Gasteiger partial charge is 0.452 e. The molecule has 0 fully saturated rings. The van der Waals surface area contributed by atoms with Crippen LogP contribution in [-0.2, 0) is 4.74 Å². The van der Waals surface area contributed by atoms with Crippen LogP contribution in [0, 0.1) is 0 Å². The van der Waals surface area contributed by atoms with E-state index in [1.807, 2.05) is 43.1 Å². The van der Waals surface area contributed by atoms with Crippen LogP contribution in [0.5, 0.6) is 0 Å². The summed E-state index contributed by atoms with van der Waals surface area (Å²) in [5.74, 6) is 0. The van der Waals surface area contributed by atoms with Gasteiger partial charge in [-0.25, -0.2) is 9.80 Å². The van der Waals surface area contributed by atoms with E-state index in [-0.39, 0.29) is 12.1 Å². The quantitative estimate of drug-likeness (QED) is 0.763. The van der Waals surface area contributed by atoms with Gasteiger partial charge in [0.2, 0.25) is 0 Å². The molecule has 96 valence electrons. The number of hydrazine groups is 1. The number of methoxy groups -OCH3 is 1. The minimum absolute atomic E-state index is 0.165. The lowest BCUT2D eigenvalue weighted by molar-refractivity contribution is 0.119. The van der Waals surface area contributed by atoms with Crippen LogP contribution < -0.4 is 5.01 Å². The first-order valence-corrected chi connectivity index (χ1v) is 5.98. The maximum Gasteiger partial charge on any atom is 0.428 e. The van der Waals surface area contributed by atoms with E-state index in [9.17, 15) is 4.79 Å². The number of rotatable bonds is 1. The molecule has 0 spiro atoms. The van der Waals surface area contributed by atoms with Crippen molar-refractivity contribution >= 4 is 17.4 Å². The summed E-state index contributed by atoms with van der Waals surface area (Å²) in [4.78, 5) is 11.9. The molecule has 0 aliphatic carbocycles. The van der Waals surface area contributed by atoms with Crippen molar-refractivity contribution in [3.8, 4) is 0 Å². The molecule has 0 atom stereocenters. The number of carbonyl (C=O) groups is 1. The van der Waals surface area contributed by atoms with Crippen molar-refractivity contribution in [3.63, 3.8) is 0 Å². The first kappa shape index (κ1) is 12.5. The lowest BCUT2D eigenvalue weighted by Gasteiger charge is -2.43. The van der Waals surface area contributed by atoms with Crippen molar-refractivity contribution in [1.82, 2.24) is 5.01 Å². The van der Waals surface area contributed by atoms with Gasteiger partial charge in [0.1, 0.15) is 0 Å². The highest BCUT2D eigenvalue weighted by Crippen LogP contribution is 2.34. The summed E-state index contributed by atoms with van der Waals surface area (Å²) in [5.41, 5.74) is 3.01. The van der Waals surface area contributed by atoms with Gasteiger partial charge in [0, 0.05) is 11.6 Å². The Kier molecular flexibility index (Phi) is 3.28. The summed E-state index contributed by atoms with van der Waals surface area (Å²) >= 11 is 0. The van der Waals surface area contributed by atoms with Crippen molar-refractivity contribution in [3.05, 3.63) is 36.4 Å². The smallest absolute Gasteiger partial charge is 0.428 e. The highest BCUT2D eigenvalue weighted by Gasteiger charge is 2.31. The zero-order valence-corrected chi connectivity index (χ0v) is 11.0. The zero-order valence-electron chi connectivity index (χ0n) is 11.0. The minimum atomic E-state index is -0.362. The van der Waals surface area contributed by atoms with Crippen LogP contribution in [0.15, 0.2) is 30.8 Å². The Hall–Kier alpha value is -1.97. The van der Waals surface area contributed by atoms with Crippen LogP contribution in [0.4, 0.5) is 10.5 Å². The standard InChI is InChI=1S/C14H18N2O2/c1-10(2)16-13-8-6-5-7-12(13)11(3)9-15(16)14(17)18-4/h5-8,10H,3,9H2,1-2,4H3. The molecule has 0 unspecified atom stereocenters. The van der Waals surface area contributed by atoms with Crippen LogP contribution in [0.3, 0.4) is 0 Å². The molecular weight excluding hydrogens is 228 g/mol. The number of hydrogen-bond donors (Lipinski definition) is 0. The average molecular weight is 246 g/mol. The number of carbonyl (C=O) groups excluding carboxylic acids is 1. The van der Waals surface area contributed by atoms with Crippen molar-refractivity contribution in [2.45, 2.75) is 19.9 Å². The zero-order chi connectivity index (χ0) is 13.3. The Bertz CT molecular complexity index is 482. The van der Waals surface area contributed by atoms with E-state index < -0.39 is 0 Å². The molecule has 0 bridgehead atoms. The summed E-state index contributed by atoms with van der Waals surface area (Å²) in [6.07, 6.45) is -0.362. The number of fused-ring (bicyclic) bond motifs is 1. The first-order chi connectivity index (χ1) is 8.56. The van der Waals surface area contributed by atoms with Gasteiger partial charge in [0.05, 0.1) is 19.3 Å². The lowest BCUT2D eigenvalue weighted by atomic mass is 10.0. The van der Waals surface area contributed by atoms with Crippen molar-refractivity contribution in [2.75, 3.05) is 18.7 Å². The molecule has 2 rings (SSSR count). The fourth-order valence-corrected chi connectivity index (χ4v) is 2.26. The Balaban J connectivity index is 2.50. The van der Waals surface area contributed by atoms with E-state index in [0.717, 1.165) is 16.8 Å². The summed E-state index contributed by atoms with van der Waals surface area (Å²) in [5, 5.41) is 3.55. The highest BCUT2D eigenvalue weighted by atomic mass is 16.5. The molecule has 1 aromatic carbocycles. The molecular formula is C14H18N2O2. The lowest BCUT2D eigenvalue weighted by Crippen LogP contribution is -2.53. The van der Waals surface area contributed by atoms with Crippen molar-refractivity contribution in [2.24, 2.45) is 0 Å². The molecule has 1 aliphatic rings. The van der Waals surface area contributed by atoms with Gasteiger partial charge in [0.25, 0.3) is 0 Å². The van der Waals surface area contributed by atoms with E-state index in [4.69, 9.17) is 4.74 Å². The summed E-state index contributed by atoms with van der Waals surface area (Å²) < 4.78 is 4.84. The van der Waals surface area contributed by atoms with Gasteiger partial charge < -0.3 is 4.74 Å². The van der Waals surface area contributed by atoms with Crippen LogP contribution in [0.2, 0.25) is 0 Å². The van der Waals surface area contributed by atoms with Gasteiger partial charge in [-0.05, 0) is 25.5 Å². The predicted octanol–water partition coefficient (Wildman–Crippen LogP) is 2.91. The molecule has 1 aromatic rings. The molecule has 0 N–H and O–H groups in total. The maximum atomic E-state index is 11.9. The van der Waals surface area contributed by atoms with Gasteiger partial charge in [-0.1, -0.05) is 24.8 Å². The van der Waals surface area contributed by atoms with E-state index in [1.165, 1.54) is 7.11 Å². The number of nitrogens with zero attached hydrogens (tertiary/aromatic N) is 2. The fraction of sp³-hybridized carbons (Fsp3) is 0.357. The monoisotopic (exact) mass is 246 g/mol. The Labute approximate surface area is 107 Å². The second kappa shape index (κ2) is 4.72. The SMILES string of the molecule is C=C1CN(C(=O)OC)N(C(C)C)c2ccccc21. The molecule has 1 aliphatic heterocycles. The topological polar surface area (TPSA) is 32.8 Å². The third-order valence-electron chi connectivity index (χ3n) is 3.01. The van der Waals surface area contributed by atoms with Crippen LogP contribution >= 0.6 is 0 Å². The predicted molar refractivity (Wildman–Crippen MR) is 72.2 cm³/mol. The molecule has 0 radical (unpaired) electrons. The van der Waals surface area contributed by atoms with E-state index in [0.29, 0.717) is 6.54 Å². The Morgan fingerprint density at radius 1 is 1.39 bits per heavy atom. The number of para-hydroxylation sites is 1. The molecule has 1 amide bonds. The molecule has 4 nitrogen and oxygen atoms in total. The molecule has 1 heterocycles.